The highest BCUT2D eigenvalue weighted by molar-refractivity contribution is 5.88. The van der Waals surface area contributed by atoms with Crippen molar-refractivity contribution in [2.45, 2.75) is 64.7 Å². The lowest BCUT2D eigenvalue weighted by Gasteiger charge is -2.26. The van der Waals surface area contributed by atoms with Gasteiger partial charge in [0, 0.05) is 11.8 Å². The first-order chi connectivity index (χ1) is 9.74. The summed E-state index contributed by atoms with van der Waals surface area (Å²) in [4.78, 5) is 13.1. The van der Waals surface area contributed by atoms with Crippen LogP contribution in [0.2, 0.25) is 0 Å². The molecule has 1 heteroatoms. The van der Waals surface area contributed by atoms with E-state index in [1.165, 1.54) is 31.2 Å². The number of carbonyl (C=O) groups is 1. The Morgan fingerprint density at radius 3 is 2.25 bits per heavy atom. The Morgan fingerprint density at radius 2 is 1.70 bits per heavy atom. The number of hydrogen-bond donors (Lipinski definition) is 0. The summed E-state index contributed by atoms with van der Waals surface area (Å²) in [5, 5.41) is 0. The average molecular weight is 272 g/mol. The lowest BCUT2D eigenvalue weighted by molar-refractivity contribution is -0.125. The van der Waals surface area contributed by atoms with Crippen LogP contribution in [0.4, 0.5) is 0 Å². The van der Waals surface area contributed by atoms with E-state index < -0.39 is 0 Å². The van der Waals surface area contributed by atoms with Crippen molar-refractivity contribution in [1.29, 1.82) is 0 Å². The van der Waals surface area contributed by atoms with E-state index in [4.69, 9.17) is 0 Å². The van der Waals surface area contributed by atoms with Crippen LogP contribution in [-0.4, -0.2) is 5.78 Å². The number of carbonyl (C=O) groups excluding carboxylic acids is 1. The van der Waals surface area contributed by atoms with Crippen molar-refractivity contribution in [2.24, 2.45) is 11.8 Å². The van der Waals surface area contributed by atoms with Gasteiger partial charge in [-0.1, -0.05) is 76.3 Å². The Morgan fingerprint density at radius 1 is 1.10 bits per heavy atom. The molecule has 0 bridgehead atoms. The van der Waals surface area contributed by atoms with Crippen LogP contribution in [0.25, 0.3) is 0 Å². The normalized spacial score (nSPS) is 20.1. The highest BCUT2D eigenvalue weighted by atomic mass is 16.1. The second-order valence-electron chi connectivity index (χ2n) is 6.36. The Kier molecular flexibility index (Phi) is 5.82. The summed E-state index contributed by atoms with van der Waals surface area (Å²) in [7, 11) is 0. The van der Waals surface area contributed by atoms with E-state index in [1.54, 1.807) is 0 Å². The molecule has 1 fully saturated rings. The summed E-state index contributed by atoms with van der Waals surface area (Å²) in [5.41, 5.74) is 1.22. The first kappa shape index (κ1) is 15.3. The summed E-state index contributed by atoms with van der Waals surface area (Å²) < 4.78 is 0. The fraction of sp³-hybridized carbons (Fsp3) is 0.632. The molecule has 0 N–H and O–H groups in total. The lowest BCUT2D eigenvalue weighted by atomic mass is 9.76. The summed E-state index contributed by atoms with van der Waals surface area (Å²) in [6, 6.07) is 10.4. The Hall–Kier alpha value is -1.11. The zero-order valence-corrected chi connectivity index (χ0v) is 13.0. The summed E-state index contributed by atoms with van der Waals surface area (Å²) in [6.45, 7) is 4.42. The fourth-order valence-electron chi connectivity index (χ4n) is 3.49. The van der Waals surface area contributed by atoms with E-state index in [2.05, 4.69) is 38.1 Å². The lowest BCUT2D eigenvalue weighted by Crippen LogP contribution is -2.26. The molecule has 2 rings (SSSR count). The number of ketones is 1. The Bertz CT molecular complexity index is 401. The molecule has 2 unspecified atom stereocenters. The number of Topliss-reactive ketones (excluding diaryl/α,β-unsaturated/α-hetero) is 1. The summed E-state index contributed by atoms with van der Waals surface area (Å²) >= 11 is 0. The molecule has 1 nitrogen and oxygen atoms in total. The molecule has 0 radical (unpaired) electrons. The average Bonchev–Trinajstić information content (AvgIpc) is 2.77. The van der Waals surface area contributed by atoms with Crippen LogP contribution >= 0.6 is 0 Å². The molecule has 20 heavy (non-hydrogen) atoms. The second kappa shape index (κ2) is 7.61. The predicted octanol–water partition coefficient (Wildman–Crippen LogP) is 5.36. The van der Waals surface area contributed by atoms with Crippen molar-refractivity contribution in [1.82, 2.24) is 0 Å². The van der Waals surface area contributed by atoms with Gasteiger partial charge in [-0.25, -0.2) is 0 Å². The molecule has 1 aromatic rings. The minimum Gasteiger partial charge on any atom is -0.299 e. The molecule has 110 valence electrons. The van der Waals surface area contributed by atoms with E-state index in [9.17, 15) is 4.79 Å². The first-order valence-corrected chi connectivity index (χ1v) is 8.32. The monoisotopic (exact) mass is 272 g/mol. The minimum atomic E-state index is 0.101. The van der Waals surface area contributed by atoms with Crippen LogP contribution in [0.5, 0.6) is 0 Å². The number of rotatable bonds is 5. The van der Waals surface area contributed by atoms with Gasteiger partial charge in [-0.05, 0) is 24.3 Å². The molecule has 2 atom stereocenters. The van der Waals surface area contributed by atoms with Gasteiger partial charge in [0.15, 0.2) is 0 Å². The molecule has 0 heterocycles. The third-order valence-electron chi connectivity index (χ3n) is 4.94. The van der Waals surface area contributed by atoms with Crippen LogP contribution in [0.1, 0.15) is 70.3 Å². The van der Waals surface area contributed by atoms with Crippen molar-refractivity contribution in [3.63, 3.8) is 0 Å². The van der Waals surface area contributed by atoms with Crippen LogP contribution in [0.15, 0.2) is 30.3 Å². The molecule has 0 saturated heterocycles. The summed E-state index contributed by atoms with van der Waals surface area (Å²) in [6.07, 6.45) is 8.37. The minimum absolute atomic E-state index is 0.101. The standard InChI is InChI=1S/C19H28O/c1-3-15(2)18(16-11-9-6-10-12-16)19(20)17-13-7-4-5-8-14-17/h6,9-12,15,17-18H,3-5,7-8,13-14H2,1-2H3. The first-order valence-electron chi connectivity index (χ1n) is 8.32. The molecular weight excluding hydrogens is 244 g/mol. The SMILES string of the molecule is CCC(C)C(C(=O)C1CCCCCC1)c1ccccc1. The second-order valence-corrected chi connectivity index (χ2v) is 6.36. The van der Waals surface area contributed by atoms with Gasteiger partial charge >= 0.3 is 0 Å². The van der Waals surface area contributed by atoms with Gasteiger partial charge in [0.2, 0.25) is 0 Å². The molecule has 0 aromatic heterocycles. The molecule has 0 spiro atoms. The number of hydrogen-bond acceptors (Lipinski definition) is 1. The fourth-order valence-corrected chi connectivity index (χ4v) is 3.49. The maximum Gasteiger partial charge on any atom is 0.143 e. The van der Waals surface area contributed by atoms with Crippen LogP contribution in [-0.2, 0) is 4.79 Å². The summed E-state index contributed by atoms with van der Waals surface area (Å²) in [5.74, 6) is 1.35. The van der Waals surface area contributed by atoms with E-state index in [0.717, 1.165) is 19.3 Å². The van der Waals surface area contributed by atoms with Gasteiger partial charge in [0.25, 0.3) is 0 Å². The Balaban J connectivity index is 2.19. The third-order valence-corrected chi connectivity index (χ3v) is 4.94. The van der Waals surface area contributed by atoms with Crippen molar-refractivity contribution in [3.8, 4) is 0 Å². The van der Waals surface area contributed by atoms with Gasteiger partial charge in [0.1, 0.15) is 5.78 Å². The van der Waals surface area contributed by atoms with Gasteiger partial charge in [-0.2, -0.15) is 0 Å². The zero-order chi connectivity index (χ0) is 14.4. The molecule has 0 amide bonds. The van der Waals surface area contributed by atoms with Crippen molar-refractivity contribution >= 4 is 5.78 Å². The Labute approximate surface area is 123 Å². The molecular formula is C19H28O. The maximum absolute atomic E-state index is 13.1. The highest BCUT2D eigenvalue weighted by Gasteiger charge is 2.31. The topological polar surface area (TPSA) is 17.1 Å². The van der Waals surface area contributed by atoms with E-state index in [-0.39, 0.29) is 5.92 Å². The van der Waals surface area contributed by atoms with Gasteiger partial charge in [0.05, 0.1) is 0 Å². The molecule has 1 aliphatic carbocycles. The molecule has 0 aliphatic heterocycles. The van der Waals surface area contributed by atoms with Crippen LogP contribution < -0.4 is 0 Å². The van der Waals surface area contributed by atoms with Crippen LogP contribution in [0.3, 0.4) is 0 Å². The molecule has 1 aromatic carbocycles. The quantitative estimate of drug-likeness (QED) is 0.660. The van der Waals surface area contributed by atoms with E-state index >= 15 is 0 Å². The highest BCUT2D eigenvalue weighted by Crippen LogP contribution is 2.34. The third kappa shape index (κ3) is 3.71. The zero-order valence-electron chi connectivity index (χ0n) is 13.0. The molecule has 1 saturated carbocycles. The van der Waals surface area contributed by atoms with Gasteiger partial charge < -0.3 is 0 Å². The van der Waals surface area contributed by atoms with E-state index in [1.807, 2.05) is 6.07 Å². The largest absolute Gasteiger partial charge is 0.299 e. The maximum atomic E-state index is 13.1. The van der Waals surface area contributed by atoms with Gasteiger partial charge in [-0.15, -0.1) is 0 Å². The molecule has 1 aliphatic rings. The van der Waals surface area contributed by atoms with Crippen LogP contribution in [0, 0.1) is 11.8 Å². The van der Waals surface area contributed by atoms with Gasteiger partial charge in [-0.3, -0.25) is 4.79 Å². The smallest absolute Gasteiger partial charge is 0.143 e. The van der Waals surface area contributed by atoms with Crippen molar-refractivity contribution < 1.29 is 4.79 Å². The predicted molar refractivity (Wildman–Crippen MR) is 84.8 cm³/mol. The van der Waals surface area contributed by atoms with Crippen molar-refractivity contribution in [2.75, 3.05) is 0 Å². The van der Waals surface area contributed by atoms with E-state index in [0.29, 0.717) is 17.6 Å². The number of benzene rings is 1. The van der Waals surface area contributed by atoms with Crippen molar-refractivity contribution in [3.05, 3.63) is 35.9 Å².